The number of rotatable bonds is 12. The molecule has 2 aromatic carbocycles. The summed E-state index contributed by atoms with van der Waals surface area (Å²) in [5.41, 5.74) is 0.871. The minimum absolute atomic E-state index is 0.403. The van der Waals surface area contributed by atoms with Crippen molar-refractivity contribution in [2.75, 3.05) is 13.2 Å². The van der Waals surface area contributed by atoms with E-state index >= 15 is 0 Å². The third-order valence-corrected chi connectivity index (χ3v) is 3.39. The molecule has 0 bridgehead atoms. The van der Waals surface area contributed by atoms with Crippen LogP contribution in [0.1, 0.15) is 47.4 Å². The Morgan fingerprint density at radius 2 is 1.11 bits per heavy atom. The van der Waals surface area contributed by atoms with Crippen LogP contribution in [-0.2, 0) is 0 Å². The van der Waals surface area contributed by atoms with Crippen molar-refractivity contribution in [3.05, 3.63) is 47.5 Å². The summed E-state index contributed by atoms with van der Waals surface area (Å²) in [4.78, 5) is 22.1. The first-order valence-electron chi connectivity index (χ1n) is 8.79. The van der Waals surface area contributed by atoms with Crippen LogP contribution in [0, 0.1) is 0 Å². The Kier molecular flexibility index (Phi) is 8.22. The molecule has 2 rings (SSSR count). The fourth-order valence-electron chi connectivity index (χ4n) is 2.20. The predicted molar refractivity (Wildman–Crippen MR) is 102 cm³/mol. The average Bonchev–Trinajstić information content (AvgIpc) is 2.70. The van der Waals surface area contributed by atoms with Crippen LogP contribution >= 0.6 is 0 Å². The Hall–Kier alpha value is -2.96. The molecule has 0 aliphatic heterocycles. The van der Waals surface area contributed by atoms with Gasteiger partial charge in [0, 0.05) is 23.3 Å². The molecule has 27 heavy (non-hydrogen) atoms. The summed E-state index contributed by atoms with van der Waals surface area (Å²) in [6, 6.07) is 9.76. The zero-order valence-electron chi connectivity index (χ0n) is 15.5. The fraction of sp³-hybridized carbons (Fsp3) is 0.300. The van der Waals surface area contributed by atoms with E-state index in [-0.39, 0.29) is 0 Å². The summed E-state index contributed by atoms with van der Waals surface area (Å²) in [7, 11) is 1.13. The zero-order chi connectivity index (χ0) is 19.5. The zero-order valence-corrected chi connectivity index (χ0v) is 15.5. The van der Waals surface area contributed by atoms with Crippen molar-refractivity contribution in [3.8, 4) is 23.0 Å². The van der Waals surface area contributed by atoms with Crippen LogP contribution in [0.4, 0.5) is 0 Å². The first-order chi connectivity index (χ1) is 13.2. The van der Waals surface area contributed by atoms with Crippen molar-refractivity contribution in [1.29, 1.82) is 0 Å². The molecular weight excluding hydrogens is 347 g/mol. The van der Waals surface area contributed by atoms with Gasteiger partial charge in [-0.05, 0) is 37.1 Å². The molecular formula is C20H22BO6. The molecule has 6 nitrogen and oxygen atoms in total. The van der Waals surface area contributed by atoms with Gasteiger partial charge in [0.05, 0.1) is 13.2 Å². The minimum atomic E-state index is 0.403. The van der Waals surface area contributed by atoms with Gasteiger partial charge in [-0.1, -0.05) is 13.8 Å². The molecule has 7 heteroatoms. The average molecular weight is 369 g/mol. The highest BCUT2D eigenvalue weighted by atomic mass is 16.6. The van der Waals surface area contributed by atoms with E-state index in [0.717, 1.165) is 33.1 Å². The van der Waals surface area contributed by atoms with E-state index in [0.29, 0.717) is 47.3 Å². The van der Waals surface area contributed by atoms with Gasteiger partial charge in [0.2, 0.25) is 0 Å². The molecule has 141 valence electrons. The molecule has 0 heterocycles. The Bertz CT molecular complexity index is 699. The maximum Gasteiger partial charge on any atom is 0.658 e. The van der Waals surface area contributed by atoms with Gasteiger partial charge < -0.3 is 18.8 Å². The molecule has 0 aliphatic rings. The normalized spacial score (nSPS) is 10.0. The number of benzene rings is 2. The summed E-state index contributed by atoms with van der Waals surface area (Å²) in [5.74, 6) is 1.89. The van der Waals surface area contributed by atoms with Gasteiger partial charge in [-0.15, -0.1) is 0 Å². The van der Waals surface area contributed by atoms with Gasteiger partial charge in [-0.2, -0.15) is 0 Å². The van der Waals surface area contributed by atoms with Crippen molar-refractivity contribution in [2.24, 2.45) is 0 Å². The van der Waals surface area contributed by atoms with Gasteiger partial charge in [0.25, 0.3) is 0 Å². The lowest BCUT2D eigenvalue weighted by molar-refractivity contribution is 0.111. The van der Waals surface area contributed by atoms with E-state index in [9.17, 15) is 9.59 Å². The largest absolute Gasteiger partial charge is 0.658 e. The van der Waals surface area contributed by atoms with E-state index in [1.54, 1.807) is 36.4 Å². The molecule has 0 amide bonds. The predicted octanol–water partition coefficient (Wildman–Crippen LogP) is 3.88. The van der Waals surface area contributed by atoms with E-state index in [2.05, 4.69) is 0 Å². The lowest BCUT2D eigenvalue weighted by atomic mass is 10.2. The van der Waals surface area contributed by atoms with Crippen LogP contribution in [0.5, 0.6) is 23.0 Å². The first kappa shape index (κ1) is 20.4. The molecule has 0 aliphatic carbocycles. The molecule has 0 spiro atoms. The topological polar surface area (TPSA) is 71.1 Å². The first-order valence-corrected chi connectivity index (χ1v) is 8.79. The highest BCUT2D eigenvalue weighted by Gasteiger charge is 2.08. The fourth-order valence-corrected chi connectivity index (χ4v) is 2.20. The molecule has 0 N–H and O–H groups in total. The summed E-state index contributed by atoms with van der Waals surface area (Å²) in [6.45, 7) is 5.07. The molecule has 0 unspecified atom stereocenters. The second kappa shape index (κ2) is 10.9. The van der Waals surface area contributed by atoms with Crippen LogP contribution in [0.2, 0.25) is 0 Å². The molecule has 0 fully saturated rings. The Labute approximate surface area is 159 Å². The van der Waals surface area contributed by atoms with Crippen LogP contribution in [0.15, 0.2) is 36.4 Å². The molecule has 0 atom stereocenters. The van der Waals surface area contributed by atoms with Gasteiger partial charge in [0.1, 0.15) is 35.6 Å². The van der Waals surface area contributed by atoms with Gasteiger partial charge in [-0.3, -0.25) is 9.59 Å². The Morgan fingerprint density at radius 3 is 1.48 bits per heavy atom. The van der Waals surface area contributed by atoms with Crippen molar-refractivity contribution in [1.82, 2.24) is 0 Å². The summed E-state index contributed by atoms with van der Waals surface area (Å²) in [5, 5.41) is 0. The van der Waals surface area contributed by atoms with E-state index in [4.69, 9.17) is 18.8 Å². The molecule has 1 radical (unpaired) electrons. The van der Waals surface area contributed by atoms with Crippen LogP contribution < -0.4 is 18.8 Å². The number of carbonyl (C=O) groups excluding carboxylic acids is 2. The van der Waals surface area contributed by atoms with Crippen molar-refractivity contribution in [2.45, 2.75) is 26.7 Å². The Balaban J connectivity index is 2.02. The highest BCUT2D eigenvalue weighted by molar-refractivity contribution is 6.20. The number of ether oxygens (including phenoxy) is 2. The van der Waals surface area contributed by atoms with Crippen molar-refractivity contribution >= 4 is 20.3 Å². The molecule has 0 saturated heterocycles. The van der Waals surface area contributed by atoms with Gasteiger partial charge in [-0.25, -0.2) is 0 Å². The lowest BCUT2D eigenvalue weighted by Gasteiger charge is -2.11. The quantitative estimate of drug-likeness (QED) is 0.418. The minimum Gasteiger partial charge on any atom is -0.526 e. The standard InChI is InChI=1S/C20H22BO6/c1-3-5-24-17-7-15(13-22)9-19(11-17)26-21-27-20-10-16(14-23)8-18(12-20)25-6-4-2/h7-14H,3-6H2,1-2H3. The van der Waals surface area contributed by atoms with Crippen molar-refractivity contribution < 1.29 is 28.4 Å². The summed E-state index contributed by atoms with van der Waals surface area (Å²) >= 11 is 0. The highest BCUT2D eigenvalue weighted by Crippen LogP contribution is 2.24. The SMILES string of the molecule is CCCOc1cc(C=O)cc(O[B]Oc2cc(C=O)cc(OCCC)c2)c1. The third kappa shape index (κ3) is 6.69. The number of hydrogen-bond acceptors (Lipinski definition) is 6. The number of aldehydes is 2. The monoisotopic (exact) mass is 369 g/mol. The van der Waals surface area contributed by atoms with Crippen molar-refractivity contribution in [3.63, 3.8) is 0 Å². The second-order valence-corrected chi connectivity index (χ2v) is 5.74. The molecule has 2 aromatic rings. The van der Waals surface area contributed by atoms with Gasteiger partial charge in [0.15, 0.2) is 0 Å². The maximum atomic E-state index is 11.1. The van der Waals surface area contributed by atoms with Gasteiger partial charge >= 0.3 is 7.69 Å². The second-order valence-electron chi connectivity index (χ2n) is 5.74. The van der Waals surface area contributed by atoms with E-state index in [1.807, 2.05) is 13.8 Å². The number of carbonyl (C=O) groups is 2. The van der Waals surface area contributed by atoms with E-state index < -0.39 is 0 Å². The Morgan fingerprint density at radius 1 is 0.704 bits per heavy atom. The van der Waals surface area contributed by atoms with Crippen LogP contribution in [0.3, 0.4) is 0 Å². The maximum absolute atomic E-state index is 11.1. The smallest absolute Gasteiger partial charge is 0.526 e. The number of hydrogen-bond donors (Lipinski definition) is 0. The van der Waals surface area contributed by atoms with E-state index in [1.165, 1.54) is 0 Å². The molecule has 0 aromatic heterocycles. The summed E-state index contributed by atoms with van der Waals surface area (Å²) in [6.07, 6.45) is 3.15. The lowest BCUT2D eigenvalue weighted by Crippen LogP contribution is -2.11. The van der Waals surface area contributed by atoms with Crippen LogP contribution in [-0.4, -0.2) is 33.5 Å². The third-order valence-electron chi connectivity index (χ3n) is 3.39. The molecule has 0 saturated carbocycles. The van der Waals surface area contributed by atoms with Crippen LogP contribution in [0.25, 0.3) is 0 Å². The summed E-state index contributed by atoms with van der Waals surface area (Å²) < 4.78 is 22.0.